The Morgan fingerprint density at radius 2 is 2.29 bits per heavy atom. The van der Waals surface area contributed by atoms with Crippen LogP contribution in [0.5, 0.6) is 0 Å². The molecule has 2 rings (SSSR count). The lowest BCUT2D eigenvalue weighted by Gasteiger charge is -2.01. The summed E-state index contributed by atoms with van der Waals surface area (Å²) in [5.74, 6) is -0.313. The predicted molar refractivity (Wildman–Crippen MR) is 53.8 cm³/mol. The quantitative estimate of drug-likeness (QED) is 0.827. The van der Waals surface area contributed by atoms with E-state index in [0.717, 1.165) is 5.52 Å². The highest BCUT2D eigenvalue weighted by Gasteiger charge is 2.08. The Labute approximate surface area is 85.3 Å². The highest BCUT2D eigenvalue weighted by molar-refractivity contribution is 6.29. The first kappa shape index (κ1) is 9.43. The summed E-state index contributed by atoms with van der Waals surface area (Å²) in [6.07, 6.45) is 0. The number of rotatable bonds is 2. The second-order valence-electron chi connectivity index (χ2n) is 2.95. The fraction of sp³-hybridized carbons (Fsp3) is 0.222. The number of nitrogens with two attached hydrogens (primary N) is 1. The van der Waals surface area contributed by atoms with Crippen LogP contribution in [-0.4, -0.2) is 16.1 Å². The minimum atomic E-state index is -0.313. The van der Waals surface area contributed by atoms with Gasteiger partial charge < -0.3 is 10.3 Å². The fourth-order valence-electron chi connectivity index (χ4n) is 1.42. The molecule has 0 atom stereocenters. The van der Waals surface area contributed by atoms with Crippen LogP contribution in [0.1, 0.15) is 0 Å². The smallest absolute Gasteiger partial charge is 0.203 e. The molecule has 74 valence electrons. The highest BCUT2D eigenvalue weighted by atomic mass is 35.5. The summed E-state index contributed by atoms with van der Waals surface area (Å²) >= 11 is 5.87. The van der Waals surface area contributed by atoms with Gasteiger partial charge in [-0.1, -0.05) is 0 Å². The highest BCUT2D eigenvalue weighted by Crippen LogP contribution is 2.20. The Bertz CT molecular complexity index is 466. The normalized spacial score (nSPS) is 11.1. The van der Waals surface area contributed by atoms with Crippen molar-refractivity contribution in [2.45, 2.75) is 6.54 Å². The first-order chi connectivity index (χ1) is 6.72. The lowest BCUT2D eigenvalue weighted by molar-refractivity contribution is 0.629. The van der Waals surface area contributed by atoms with Gasteiger partial charge in [0.1, 0.15) is 5.82 Å². The van der Waals surface area contributed by atoms with Crippen molar-refractivity contribution in [3.8, 4) is 0 Å². The van der Waals surface area contributed by atoms with Gasteiger partial charge in [0.15, 0.2) is 0 Å². The number of nitrogens with zero attached hydrogens (tertiary/aromatic N) is 2. The monoisotopic (exact) mass is 213 g/mol. The van der Waals surface area contributed by atoms with Crippen molar-refractivity contribution < 1.29 is 4.39 Å². The van der Waals surface area contributed by atoms with Crippen LogP contribution in [0.3, 0.4) is 0 Å². The number of fused-ring (bicyclic) bond motifs is 1. The van der Waals surface area contributed by atoms with E-state index in [1.807, 2.05) is 0 Å². The van der Waals surface area contributed by atoms with Crippen molar-refractivity contribution in [2.24, 2.45) is 5.73 Å². The van der Waals surface area contributed by atoms with Crippen LogP contribution in [0.25, 0.3) is 11.0 Å². The number of halogens is 2. The van der Waals surface area contributed by atoms with Crippen LogP contribution in [-0.2, 0) is 6.54 Å². The second-order valence-corrected chi connectivity index (χ2v) is 3.29. The molecule has 0 unspecified atom stereocenters. The zero-order chi connectivity index (χ0) is 10.1. The first-order valence-corrected chi connectivity index (χ1v) is 4.61. The van der Waals surface area contributed by atoms with Gasteiger partial charge in [0, 0.05) is 19.2 Å². The fourth-order valence-corrected chi connectivity index (χ4v) is 1.68. The van der Waals surface area contributed by atoms with Gasteiger partial charge >= 0.3 is 0 Å². The minimum Gasteiger partial charge on any atom is -0.329 e. The average molecular weight is 214 g/mol. The summed E-state index contributed by atoms with van der Waals surface area (Å²) in [5, 5.41) is 0.344. The van der Waals surface area contributed by atoms with Gasteiger partial charge in [-0.25, -0.2) is 9.37 Å². The van der Waals surface area contributed by atoms with E-state index in [1.54, 1.807) is 10.6 Å². The molecule has 5 heteroatoms. The molecule has 0 bridgehead atoms. The number of imidazole rings is 1. The Hall–Kier alpha value is -1.13. The maximum atomic E-state index is 12.8. The molecule has 1 aromatic heterocycles. The molecule has 0 saturated heterocycles. The van der Waals surface area contributed by atoms with E-state index in [1.165, 1.54) is 12.1 Å². The van der Waals surface area contributed by atoms with Gasteiger partial charge in [0.25, 0.3) is 0 Å². The third-order valence-electron chi connectivity index (χ3n) is 2.02. The van der Waals surface area contributed by atoms with Crippen LogP contribution in [0.4, 0.5) is 4.39 Å². The van der Waals surface area contributed by atoms with Crippen LogP contribution in [0.15, 0.2) is 18.2 Å². The van der Waals surface area contributed by atoms with Gasteiger partial charge in [0.05, 0.1) is 11.0 Å². The molecule has 0 radical (unpaired) electrons. The third kappa shape index (κ3) is 1.47. The number of hydrogen-bond acceptors (Lipinski definition) is 2. The van der Waals surface area contributed by atoms with Gasteiger partial charge in [-0.3, -0.25) is 0 Å². The SMILES string of the molecule is NCCn1c(Cl)nc2cc(F)ccc21. The minimum absolute atomic E-state index is 0.313. The largest absolute Gasteiger partial charge is 0.329 e. The van der Waals surface area contributed by atoms with Crippen LogP contribution in [0.2, 0.25) is 5.28 Å². The molecule has 1 aromatic carbocycles. The van der Waals surface area contributed by atoms with E-state index in [4.69, 9.17) is 17.3 Å². The van der Waals surface area contributed by atoms with Crippen molar-refractivity contribution in [3.05, 3.63) is 29.3 Å². The van der Waals surface area contributed by atoms with E-state index >= 15 is 0 Å². The van der Waals surface area contributed by atoms with Crippen molar-refractivity contribution in [1.29, 1.82) is 0 Å². The molecular weight excluding hydrogens is 205 g/mol. The molecule has 0 spiro atoms. The number of hydrogen-bond donors (Lipinski definition) is 1. The summed E-state index contributed by atoms with van der Waals surface area (Å²) in [4.78, 5) is 4.03. The molecule has 1 heterocycles. The van der Waals surface area contributed by atoms with Crippen molar-refractivity contribution in [2.75, 3.05) is 6.54 Å². The van der Waals surface area contributed by atoms with Crippen molar-refractivity contribution in [3.63, 3.8) is 0 Å². The van der Waals surface area contributed by atoms with E-state index in [9.17, 15) is 4.39 Å². The molecule has 14 heavy (non-hydrogen) atoms. The Kier molecular flexibility index (Phi) is 2.39. The van der Waals surface area contributed by atoms with E-state index in [-0.39, 0.29) is 5.82 Å². The zero-order valence-electron chi connectivity index (χ0n) is 7.37. The summed E-state index contributed by atoms with van der Waals surface area (Å²) in [6.45, 7) is 1.06. The third-order valence-corrected chi connectivity index (χ3v) is 2.30. The Morgan fingerprint density at radius 3 is 3.00 bits per heavy atom. The first-order valence-electron chi connectivity index (χ1n) is 4.23. The van der Waals surface area contributed by atoms with E-state index in [2.05, 4.69) is 4.98 Å². The lowest BCUT2D eigenvalue weighted by atomic mass is 10.3. The maximum absolute atomic E-state index is 12.8. The molecule has 2 aromatic rings. The van der Waals surface area contributed by atoms with Crippen LogP contribution < -0.4 is 5.73 Å². The summed E-state index contributed by atoms with van der Waals surface area (Å²) < 4.78 is 14.6. The van der Waals surface area contributed by atoms with E-state index < -0.39 is 0 Å². The topological polar surface area (TPSA) is 43.8 Å². The van der Waals surface area contributed by atoms with E-state index in [0.29, 0.717) is 23.9 Å². The molecular formula is C9H9ClFN3. The second kappa shape index (κ2) is 3.55. The molecule has 0 aliphatic rings. The summed E-state index contributed by atoms with van der Waals surface area (Å²) in [7, 11) is 0. The Morgan fingerprint density at radius 1 is 1.50 bits per heavy atom. The van der Waals surface area contributed by atoms with Crippen molar-refractivity contribution >= 4 is 22.6 Å². The number of aromatic nitrogens is 2. The molecule has 2 N–H and O–H groups in total. The van der Waals surface area contributed by atoms with Gasteiger partial charge in [0.2, 0.25) is 5.28 Å². The lowest BCUT2D eigenvalue weighted by Crippen LogP contribution is -2.09. The number of benzene rings is 1. The van der Waals surface area contributed by atoms with Gasteiger partial charge in [-0.15, -0.1) is 0 Å². The molecule has 0 aliphatic heterocycles. The van der Waals surface area contributed by atoms with Crippen molar-refractivity contribution in [1.82, 2.24) is 9.55 Å². The standard InChI is InChI=1S/C9H9ClFN3/c10-9-13-7-5-6(11)1-2-8(7)14(9)4-3-12/h1-2,5H,3-4,12H2. The summed E-state index contributed by atoms with van der Waals surface area (Å²) in [6, 6.07) is 4.39. The molecule has 3 nitrogen and oxygen atoms in total. The van der Waals surface area contributed by atoms with Crippen LogP contribution in [0, 0.1) is 5.82 Å². The molecule has 0 saturated carbocycles. The van der Waals surface area contributed by atoms with Crippen LogP contribution >= 0.6 is 11.6 Å². The molecule has 0 fully saturated rings. The van der Waals surface area contributed by atoms with Gasteiger partial charge in [-0.05, 0) is 23.7 Å². The Balaban J connectivity index is 2.64. The molecule has 0 aliphatic carbocycles. The van der Waals surface area contributed by atoms with Gasteiger partial charge in [-0.2, -0.15) is 0 Å². The zero-order valence-corrected chi connectivity index (χ0v) is 8.13. The summed E-state index contributed by atoms with van der Waals surface area (Å²) in [5.41, 5.74) is 6.79. The maximum Gasteiger partial charge on any atom is 0.203 e. The predicted octanol–water partition coefficient (Wildman–Crippen LogP) is 1.79. The average Bonchev–Trinajstić information content (AvgIpc) is 2.43. The molecule has 0 amide bonds.